The number of anilines is 1. The van der Waals surface area contributed by atoms with Crippen LogP contribution in [0, 0.1) is 12.8 Å². The van der Waals surface area contributed by atoms with Gasteiger partial charge < -0.3 is 15.0 Å². The molecule has 2 amide bonds. The fourth-order valence-corrected chi connectivity index (χ4v) is 4.24. The van der Waals surface area contributed by atoms with Gasteiger partial charge in [-0.15, -0.1) is 0 Å². The van der Waals surface area contributed by atoms with E-state index in [1.165, 1.54) is 0 Å². The van der Waals surface area contributed by atoms with Crippen molar-refractivity contribution in [2.75, 3.05) is 25.0 Å². The van der Waals surface area contributed by atoms with E-state index in [-0.39, 0.29) is 17.9 Å². The van der Waals surface area contributed by atoms with Crippen molar-refractivity contribution in [1.29, 1.82) is 0 Å². The number of hydrogen-bond acceptors (Lipinski definition) is 4. The van der Waals surface area contributed by atoms with Crippen LogP contribution in [0.3, 0.4) is 0 Å². The number of likely N-dealkylation sites (tertiary alicyclic amines) is 1. The van der Waals surface area contributed by atoms with Crippen LogP contribution in [0.25, 0.3) is 0 Å². The van der Waals surface area contributed by atoms with Gasteiger partial charge in [0.1, 0.15) is 6.10 Å². The van der Waals surface area contributed by atoms with Crippen LogP contribution in [0.2, 0.25) is 0 Å². The number of rotatable bonds is 6. The third-order valence-electron chi connectivity index (χ3n) is 6.19. The van der Waals surface area contributed by atoms with Crippen LogP contribution in [0.1, 0.15) is 48.0 Å². The van der Waals surface area contributed by atoms with Gasteiger partial charge in [0, 0.05) is 49.9 Å². The largest absolute Gasteiger partial charge is 0.368 e. The average molecular weight is 411 g/mol. The van der Waals surface area contributed by atoms with Gasteiger partial charge in [-0.3, -0.25) is 14.3 Å². The van der Waals surface area contributed by atoms with Crippen LogP contribution < -0.4 is 5.32 Å². The van der Waals surface area contributed by atoms with Crippen molar-refractivity contribution in [1.82, 2.24) is 14.7 Å². The smallest absolute Gasteiger partial charge is 0.253 e. The van der Waals surface area contributed by atoms with Gasteiger partial charge in [-0.05, 0) is 68.7 Å². The van der Waals surface area contributed by atoms with Gasteiger partial charge in [-0.1, -0.05) is 6.07 Å². The van der Waals surface area contributed by atoms with Gasteiger partial charge in [0.25, 0.3) is 11.8 Å². The van der Waals surface area contributed by atoms with Gasteiger partial charge in [0.05, 0.1) is 0 Å². The van der Waals surface area contributed by atoms with E-state index < -0.39 is 0 Å². The van der Waals surface area contributed by atoms with Crippen molar-refractivity contribution < 1.29 is 14.3 Å². The van der Waals surface area contributed by atoms with Crippen LogP contribution in [0.4, 0.5) is 5.69 Å². The summed E-state index contributed by atoms with van der Waals surface area (Å²) in [6, 6.07) is 7.49. The molecule has 1 aromatic heterocycles. The van der Waals surface area contributed by atoms with E-state index in [0.29, 0.717) is 23.8 Å². The Balaban J connectivity index is 1.32. The second-order valence-corrected chi connectivity index (χ2v) is 8.31. The standard InChI is InChI=1S/C23H30N4O3/c1-17-5-6-19(16-20(17)25-22(28)21-4-2-15-30-21)23(29)26-12-7-18(8-13-26)9-14-27-11-3-10-24-27/h3,5-6,10-11,16,18,21H,2,4,7-9,12-15H2,1H3,(H,25,28). The summed E-state index contributed by atoms with van der Waals surface area (Å²) in [6.07, 6.45) is 8.19. The number of amides is 2. The molecule has 3 heterocycles. The van der Waals surface area contributed by atoms with E-state index in [2.05, 4.69) is 10.4 Å². The molecule has 2 aromatic rings. The van der Waals surface area contributed by atoms with Crippen LogP contribution in [-0.4, -0.2) is 52.3 Å². The molecule has 2 saturated heterocycles. The highest BCUT2D eigenvalue weighted by molar-refractivity contribution is 5.99. The lowest BCUT2D eigenvalue weighted by molar-refractivity contribution is -0.124. The van der Waals surface area contributed by atoms with E-state index in [4.69, 9.17) is 4.74 Å². The van der Waals surface area contributed by atoms with Crippen LogP contribution >= 0.6 is 0 Å². The molecule has 2 aliphatic rings. The first kappa shape index (κ1) is 20.6. The Morgan fingerprint density at radius 2 is 2.07 bits per heavy atom. The number of nitrogens with one attached hydrogen (secondary N) is 1. The molecular formula is C23H30N4O3. The summed E-state index contributed by atoms with van der Waals surface area (Å²) in [5, 5.41) is 7.20. The molecule has 7 heteroatoms. The zero-order valence-corrected chi connectivity index (χ0v) is 17.5. The molecule has 0 saturated carbocycles. The molecular weight excluding hydrogens is 380 g/mol. The molecule has 160 valence electrons. The maximum atomic E-state index is 13.0. The normalized spacial score (nSPS) is 19.8. The Morgan fingerprint density at radius 3 is 2.77 bits per heavy atom. The van der Waals surface area contributed by atoms with Crippen molar-refractivity contribution in [2.24, 2.45) is 5.92 Å². The molecule has 1 aromatic carbocycles. The lowest BCUT2D eigenvalue weighted by atomic mass is 9.93. The Kier molecular flexibility index (Phi) is 6.47. The lowest BCUT2D eigenvalue weighted by Gasteiger charge is -2.32. The summed E-state index contributed by atoms with van der Waals surface area (Å²) in [5.74, 6) is 0.531. The number of hydrogen-bond donors (Lipinski definition) is 1. The number of carbonyl (C=O) groups excluding carboxylic acids is 2. The summed E-state index contributed by atoms with van der Waals surface area (Å²) in [7, 11) is 0. The third-order valence-corrected chi connectivity index (χ3v) is 6.19. The van der Waals surface area contributed by atoms with E-state index >= 15 is 0 Å². The second kappa shape index (κ2) is 9.43. The number of aromatic nitrogens is 2. The first-order chi connectivity index (χ1) is 14.6. The topological polar surface area (TPSA) is 76.5 Å². The maximum Gasteiger partial charge on any atom is 0.253 e. The zero-order chi connectivity index (χ0) is 20.9. The molecule has 1 atom stereocenters. The highest BCUT2D eigenvalue weighted by Crippen LogP contribution is 2.25. The fourth-order valence-electron chi connectivity index (χ4n) is 4.24. The van der Waals surface area contributed by atoms with Crippen LogP contribution in [0.5, 0.6) is 0 Å². The van der Waals surface area contributed by atoms with Crippen molar-refractivity contribution >= 4 is 17.5 Å². The third kappa shape index (κ3) is 4.90. The minimum Gasteiger partial charge on any atom is -0.368 e. The summed E-state index contributed by atoms with van der Waals surface area (Å²) in [6.45, 7) is 5.04. The molecule has 0 spiro atoms. The highest BCUT2D eigenvalue weighted by atomic mass is 16.5. The number of benzene rings is 1. The molecule has 7 nitrogen and oxygen atoms in total. The molecule has 30 heavy (non-hydrogen) atoms. The monoisotopic (exact) mass is 410 g/mol. The highest BCUT2D eigenvalue weighted by Gasteiger charge is 2.26. The van der Waals surface area contributed by atoms with Gasteiger partial charge in [0.2, 0.25) is 0 Å². The average Bonchev–Trinajstić information content (AvgIpc) is 3.48. The number of piperidine rings is 1. The van der Waals surface area contributed by atoms with Crippen molar-refractivity contribution in [3.63, 3.8) is 0 Å². The second-order valence-electron chi connectivity index (χ2n) is 8.31. The van der Waals surface area contributed by atoms with E-state index in [1.54, 1.807) is 12.3 Å². The molecule has 0 bridgehead atoms. The Labute approximate surface area is 177 Å². The Hall–Kier alpha value is -2.67. The van der Waals surface area contributed by atoms with Crippen molar-refractivity contribution in [3.8, 4) is 0 Å². The molecule has 2 fully saturated rings. The first-order valence-electron chi connectivity index (χ1n) is 10.9. The zero-order valence-electron chi connectivity index (χ0n) is 17.5. The number of carbonyl (C=O) groups is 2. The van der Waals surface area contributed by atoms with Gasteiger partial charge >= 0.3 is 0 Å². The minimum absolute atomic E-state index is 0.0353. The van der Waals surface area contributed by atoms with Crippen molar-refractivity contribution in [2.45, 2.75) is 51.7 Å². The van der Waals surface area contributed by atoms with Gasteiger partial charge in [-0.25, -0.2) is 0 Å². The Morgan fingerprint density at radius 1 is 1.23 bits per heavy atom. The molecule has 0 aliphatic carbocycles. The first-order valence-corrected chi connectivity index (χ1v) is 10.9. The maximum absolute atomic E-state index is 13.0. The van der Waals surface area contributed by atoms with Gasteiger partial charge in [0.15, 0.2) is 0 Å². The minimum atomic E-state index is -0.385. The molecule has 1 N–H and O–H groups in total. The van der Waals surface area contributed by atoms with Crippen LogP contribution in [-0.2, 0) is 16.1 Å². The SMILES string of the molecule is Cc1ccc(C(=O)N2CCC(CCn3cccn3)CC2)cc1NC(=O)C1CCCO1. The van der Waals surface area contributed by atoms with E-state index in [9.17, 15) is 9.59 Å². The molecule has 1 unspecified atom stereocenters. The predicted octanol–water partition coefficient (Wildman–Crippen LogP) is 3.25. The van der Waals surface area contributed by atoms with E-state index in [1.807, 2.05) is 40.9 Å². The summed E-state index contributed by atoms with van der Waals surface area (Å²) in [4.78, 5) is 27.4. The predicted molar refractivity (Wildman–Crippen MR) is 114 cm³/mol. The fraction of sp³-hybridized carbons (Fsp3) is 0.522. The Bertz CT molecular complexity index is 867. The molecule has 4 rings (SSSR count). The molecule has 0 radical (unpaired) electrons. The number of aryl methyl sites for hydroxylation is 2. The number of nitrogens with zero attached hydrogens (tertiary/aromatic N) is 3. The summed E-state index contributed by atoms with van der Waals surface area (Å²) >= 11 is 0. The van der Waals surface area contributed by atoms with E-state index in [0.717, 1.165) is 57.3 Å². The van der Waals surface area contributed by atoms with Crippen LogP contribution in [0.15, 0.2) is 36.7 Å². The molecule has 2 aliphatic heterocycles. The summed E-state index contributed by atoms with van der Waals surface area (Å²) < 4.78 is 7.43. The summed E-state index contributed by atoms with van der Waals surface area (Å²) in [5.41, 5.74) is 2.25. The number of ether oxygens (including phenoxy) is 1. The quantitative estimate of drug-likeness (QED) is 0.793. The van der Waals surface area contributed by atoms with Crippen molar-refractivity contribution in [3.05, 3.63) is 47.8 Å². The lowest BCUT2D eigenvalue weighted by Crippen LogP contribution is -2.38. The van der Waals surface area contributed by atoms with Gasteiger partial charge in [-0.2, -0.15) is 5.10 Å².